The fourth-order valence-corrected chi connectivity index (χ4v) is 7.08. The molecule has 0 unspecified atom stereocenters. The van der Waals surface area contributed by atoms with Crippen LogP contribution in [0.3, 0.4) is 0 Å². The molecular formula is C46H32N2. The van der Waals surface area contributed by atoms with E-state index in [0.717, 1.165) is 17.1 Å². The van der Waals surface area contributed by atoms with Crippen LogP contribution in [0.5, 0.6) is 0 Å². The topological polar surface area (TPSA) is 8.17 Å². The van der Waals surface area contributed by atoms with Gasteiger partial charge in [-0.1, -0.05) is 140 Å². The van der Waals surface area contributed by atoms with Crippen molar-refractivity contribution in [3.05, 3.63) is 194 Å². The monoisotopic (exact) mass is 612 g/mol. The Morgan fingerprint density at radius 3 is 1.54 bits per heavy atom. The average molecular weight is 613 g/mol. The van der Waals surface area contributed by atoms with Crippen LogP contribution >= 0.6 is 0 Å². The molecule has 0 atom stereocenters. The second-order valence-electron chi connectivity index (χ2n) is 12.2. The van der Waals surface area contributed by atoms with Crippen LogP contribution in [0.25, 0.3) is 60.5 Å². The Morgan fingerprint density at radius 2 is 0.833 bits per heavy atom. The van der Waals surface area contributed by atoms with E-state index in [-0.39, 0.29) is 0 Å². The first-order valence-corrected chi connectivity index (χ1v) is 16.4. The summed E-state index contributed by atoms with van der Waals surface area (Å²) in [6.07, 6.45) is 0. The Labute approximate surface area is 280 Å². The predicted octanol–water partition coefficient (Wildman–Crippen LogP) is 12.7. The average Bonchev–Trinajstić information content (AvgIpc) is 3.50. The zero-order valence-corrected chi connectivity index (χ0v) is 26.4. The molecule has 48 heavy (non-hydrogen) atoms. The summed E-state index contributed by atoms with van der Waals surface area (Å²) in [7, 11) is 0. The summed E-state index contributed by atoms with van der Waals surface area (Å²) >= 11 is 0. The second-order valence-corrected chi connectivity index (χ2v) is 12.2. The van der Waals surface area contributed by atoms with Gasteiger partial charge in [-0.05, 0) is 82.1 Å². The standard InChI is InChI=1S/C46H32N2/c1-2-14-38(15-3-1)47(40-31-28-33-12-4-5-13-37(33)32-40)39-29-26-35(27-30-39)34-22-24-36(25-23-34)41-16-6-9-19-44(41)48-45-20-10-7-17-42(45)43-18-8-11-21-46(43)48/h1-32H. The summed E-state index contributed by atoms with van der Waals surface area (Å²) in [6.45, 7) is 0. The lowest BCUT2D eigenvalue weighted by atomic mass is 9.98. The summed E-state index contributed by atoms with van der Waals surface area (Å²) in [5, 5.41) is 5.01. The van der Waals surface area contributed by atoms with Gasteiger partial charge in [-0.15, -0.1) is 0 Å². The van der Waals surface area contributed by atoms with Crippen molar-refractivity contribution >= 4 is 49.6 Å². The molecule has 0 bridgehead atoms. The van der Waals surface area contributed by atoms with E-state index in [1.165, 1.54) is 60.5 Å². The van der Waals surface area contributed by atoms with E-state index in [4.69, 9.17) is 0 Å². The van der Waals surface area contributed by atoms with Crippen LogP contribution < -0.4 is 4.90 Å². The van der Waals surface area contributed by atoms with Gasteiger partial charge in [0.1, 0.15) is 0 Å². The van der Waals surface area contributed by atoms with Gasteiger partial charge in [0.25, 0.3) is 0 Å². The van der Waals surface area contributed by atoms with Crippen LogP contribution in [0.4, 0.5) is 17.1 Å². The number of fused-ring (bicyclic) bond motifs is 4. The Balaban J connectivity index is 1.07. The molecule has 0 saturated heterocycles. The van der Waals surface area contributed by atoms with E-state index in [0.29, 0.717) is 0 Å². The highest BCUT2D eigenvalue weighted by molar-refractivity contribution is 6.09. The van der Waals surface area contributed by atoms with Gasteiger partial charge in [0.2, 0.25) is 0 Å². The van der Waals surface area contributed by atoms with Crippen LogP contribution in [0.2, 0.25) is 0 Å². The molecule has 226 valence electrons. The van der Waals surface area contributed by atoms with E-state index in [1.807, 2.05) is 0 Å². The van der Waals surface area contributed by atoms with Gasteiger partial charge >= 0.3 is 0 Å². The molecule has 0 radical (unpaired) electrons. The molecule has 0 fully saturated rings. The van der Waals surface area contributed by atoms with Crippen molar-refractivity contribution in [2.75, 3.05) is 4.90 Å². The Bertz CT molecular complexity index is 2490. The Kier molecular flexibility index (Phi) is 6.84. The molecule has 9 rings (SSSR count). The fourth-order valence-electron chi connectivity index (χ4n) is 7.08. The number of aromatic nitrogens is 1. The smallest absolute Gasteiger partial charge is 0.0541 e. The zero-order valence-electron chi connectivity index (χ0n) is 26.4. The molecule has 1 aromatic heterocycles. The SMILES string of the molecule is c1ccc(N(c2ccc(-c3ccc(-c4ccccc4-n4c5ccccc5c5ccccc54)cc3)cc2)c2ccc3ccccc3c2)cc1. The molecule has 0 aliphatic carbocycles. The quantitative estimate of drug-likeness (QED) is 0.181. The predicted molar refractivity (Wildman–Crippen MR) is 204 cm³/mol. The first-order valence-electron chi connectivity index (χ1n) is 16.4. The highest BCUT2D eigenvalue weighted by atomic mass is 15.1. The maximum Gasteiger partial charge on any atom is 0.0541 e. The van der Waals surface area contributed by atoms with Crippen molar-refractivity contribution in [1.29, 1.82) is 0 Å². The molecule has 9 aromatic rings. The third kappa shape index (κ3) is 4.83. The minimum Gasteiger partial charge on any atom is -0.310 e. The number of rotatable bonds is 6. The van der Waals surface area contributed by atoms with Gasteiger partial charge < -0.3 is 9.47 Å². The van der Waals surface area contributed by atoms with Crippen molar-refractivity contribution in [1.82, 2.24) is 4.57 Å². The van der Waals surface area contributed by atoms with Crippen LogP contribution in [0, 0.1) is 0 Å². The fraction of sp³-hybridized carbons (Fsp3) is 0. The van der Waals surface area contributed by atoms with Crippen LogP contribution in [0.1, 0.15) is 0 Å². The number of benzene rings is 8. The third-order valence-electron chi connectivity index (χ3n) is 9.39. The number of nitrogens with zero attached hydrogens (tertiary/aromatic N) is 2. The summed E-state index contributed by atoms with van der Waals surface area (Å²) in [5.41, 5.74) is 11.8. The van der Waals surface area contributed by atoms with Crippen LogP contribution in [-0.4, -0.2) is 4.57 Å². The highest BCUT2D eigenvalue weighted by Crippen LogP contribution is 2.39. The van der Waals surface area contributed by atoms with Crippen molar-refractivity contribution in [3.8, 4) is 27.9 Å². The molecule has 8 aromatic carbocycles. The minimum absolute atomic E-state index is 1.12. The normalized spacial score (nSPS) is 11.3. The van der Waals surface area contributed by atoms with Gasteiger partial charge in [-0.25, -0.2) is 0 Å². The molecule has 0 amide bonds. The van der Waals surface area contributed by atoms with E-state index in [1.54, 1.807) is 0 Å². The Hall–Kier alpha value is -6.38. The van der Waals surface area contributed by atoms with Gasteiger partial charge in [0, 0.05) is 33.4 Å². The lowest BCUT2D eigenvalue weighted by Gasteiger charge is -2.26. The highest BCUT2D eigenvalue weighted by Gasteiger charge is 2.16. The molecule has 0 saturated carbocycles. The third-order valence-corrected chi connectivity index (χ3v) is 9.39. The maximum absolute atomic E-state index is 2.40. The molecule has 2 nitrogen and oxygen atoms in total. The summed E-state index contributed by atoms with van der Waals surface area (Å²) in [4.78, 5) is 2.32. The zero-order chi connectivity index (χ0) is 31.9. The van der Waals surface area contributed by atoms with Gasteiger partial charge in [0.15, 0.2) is 0 Å². The number of para-hydroxylation sites is 4. The van der Waals surface area contributed by atoms with Crippen LogP contribution in [-0.2, 0) is 0 Å². The lowest BCUT2D eigenvalue weighted by Crippen LogP contribution is -2.09. The second kappa shape index (κ2) is 11.8. The largest absolute Gasteiger partial charge is 0.310 e. The molecule has 2 heteroatoms. The summed E-state index contributed by atoms with van der Waals surface area (Å²) in [6, 6.07) is 69.8. The molecule has 0 aliphatic rings. The molecular weight excluding hydrogens is 581 g/mol. The Morgan fingerprint density at radius 1 is 0.333 bits per heavy atom. The maximum atomic E-state index is 2.40. The number of anilines is 3. The molecule has 0 N–H and O–H groups in total. The molecule has 0 aliphatic heterocycles. The number of hydrogen-bond donors (Lipinski definition) is 0. The summed E-state index contributed by atoms with van der Waals surface area (Å²) in [5.74, 6) is 0. The van der Waals surface area contributed by atoms with Gasteiger partial charge in [-0.3, -0.25) is 0 Å². The van der Waals surface area contributed by atoms with E-state index in [2.05, 4.69) is 204 Å². The van der Waals surface area contributed by atoms with E-state index in [9.17, 15) is 0 Å². The van der Waals surface area contributed by atoms with E-state index < -0.39 is 0 Å². The van der Waals surface area contributed by atoms with Crippen molar-refractivity contribution in [2.24, 2.45) is 0 Å². The van der Waals surface area contributed by atoms with Crippen molar-refractivity contribution in [3.63, 3.8) is 0 Å². The first-order chi connectivity index (χ1) is 23.8. The van der Waals surface area contributed by atoms with Crippen molar-refractivity contribution in [2.45, 2.75) is 0 Å². The molecule has 0 spiro atoms. The first kappa shape index (κ1) is 27.9. The van der Waals surface area contributed by atoms with E-state index >= 15 is 0 Å². The number of hydrogen-bond acceptors (Lipinski definition) is 1. The molecule has 1 heterocycles. The minimum atomic E-state index is 1.12. The van der Waals surface area contributed by atoms with Gasteiger partial charge in [0.05, 0.1) is 16.7 Å². The van der Waals surface area contributed by atoms with Crippen LogP contribution in [0.15, 0.2) is 194 Å². The van der Waals surface area contributed by atoms with Crippen molar-refractivity contribution < 1.29 is 0 Å². The lowest BCUT2D eigenvalue weighted by molar-refractivity contribution is 1.18. The summed E-state index contributed by atoms with van der Waals surface area (Å²) < 4.78 is 2.40. The van der Waals surface area contributed by atoms with Gasteiger partial charge in [-0.2, -0.15) is 0 Å².